The second-order valence-electron chi connectivity index (χ2n) is 7.20. The third kappa shape index (κ3) is 3.23. The number of imidazole rings is 1. The Kier molecular flexibility index (Phi) is 4.48. The molecule has 6 heteroatoms. The molecule has 1 unspecified atom stereocenters. The van der Waals surface area contributed by atoms with Crippen LogP contribution in [0, 0.1) is 0 Å². The van der Waals surface area contributed by atoms with Crippen molar-refractivity contribution in [3.05, 3.63) is 64.1 Å². The third-order valence-electron chi connectivity index (χ3n) is 5.43. The predicted molar refractivity (Wildman–Crippen MR) is 106 cm³/mol. The summed E-state index contributed by atoms with van der Waals surface area (Å²) >= 11 is 0. The standard InChI is InChI=1S/C21H24N4O2/c1-24-18-7-2-3-8-19(18)25(21(24)27)12-11-20(26)23-17-6-4-5-14-13-15(22)9-10-16(14)17/h2-3,7-10,13,17H,4-6,11-12,22H2,1H3,(H,23,26). The molecule has 140 valence electrons. The Hall–Kier alpha value is -3.02. The second kappa shape index (κ2) is 6.95. The van der Waals surface area contributed by atoms with E-state index in [0.717, 1.165) is 41.5 Å². The van der Waals surface area contributed by atoms with E-state index in [1.54, 1.807) is 16.2 Å². The highest BCUT2D eigenvalue weighted by molar-refractivity contribution is 5.78. The number of nitrogens with two attached hydrogens (primary N) is 1. The van der Waals surface area contributed by atoms with E-state index >= 15 is 0 Å². The first-order chi connectivity index (χ1) is 13.0. The van der Waals surface area contributed by atoms with Gasteiger partial charge in [-0.15, -0.1) is 0 Å². The summed E-state index contributed by atoms with van der Waals surface area (Å²) in [6, 6.07) is 13.6. The number of hydrogen-bond donors (Lipinski definition) is 2. The van der Waals surface area contributed by atoms with Gasteiger partial charge in [0.2, 0.25) is 5.91 Å². The number of carbonyl (C=O) groups excluding carboxylic acids is 1. The van der Waals surface area contributed by atoms with Gasteiger partial charge in [0.05, 0.1) is 17.1 Å². The molecular formula is C21H24N4O2. The first-order valence-corrected chi connectivity index (χ1v) is 9.36. The number of aromatic nitrogens is 2. The van der Waals surface area contributed by atoms with Crippen LogP contribution in [0.5, 0.6) is 0 Å². The minimum atomic E-state index is -0.0949. The van der Waals surface area contributed by atoms with Gasteiger partial charge in [0, 0.05) is 25.7 Å². The van der Waals surface area contributed by atoms with E-state index in [1.807, 2.05) is 42.5 Å². The first-order valence-electron chi connectivity index (χ1n) is 9.36. The summed E-state index contributed by atoms with van der Waals surface area (Å²) < 4.78 is 3.29. The topological polar surface area (TPSA) is 82.0 Å². The minimum absolute atomic E-state index is 0.0195. The van der Waals surface area contributed by atoms with E-state index in [2.05, 4.69) is 5.32 Å². The molecule has 0 bridgehead atoms. The number of aryl methyl sites for hydroxylation is 3. The largest absolute Gasteiger partial charge is 0.399 e. The van der Waals surface area contributed by atoms with Gasteiger partial charge in [0.25, 0.3) is 0 Å². The van der Waals surface area contributed by atoms with Gasteiger partial charge in [-0.3, -0.25) is 13.9 Å². The zero-order valence-corrected chi connectivity index (χ0v) is 15.4. The van der Waals surface area contributed by atoms with Gasteiger partial charge >= 0.3 is 5.69 Å². The summed E-state index contributed by atoms with van der Waals surface area (Å²) in [5.74, 6) is -0.0375. The fourth-order valence-electron chi connectivity index (χ4n) is 4.04. The third-order valence-corrected chi connectivity index (χ3v) is 5.43. The smallest absolute Gasteiger partial charge is 0.328 e. The Labute approximate surface area is 157 Å². The zero-order chi connectivity index (χ0) is 19.0. The number of carbonyl (C=O) groups is 1. The molecule has 1 aliphatic rings. The van der Waals surface area contributed by atoms with Crippen LogP contribution in [-0.4, -0.2) is 15.0 Å². The maximum Gasteiger partial charge on any atom is 0.328 e. The average Bonchev–Trinajstić information content (AvgIpc) is 2.91. The molecule has 1 atom stereocenters. The molecule has 0 fully saturated rings. The van der Waals surface area contributed by atoms with Gasteiger partial charge in [-0.25, -0.2) is 4.79 Å². The number of nitrogens with one attached hydrogen (secondary N) is 1. The number of nitrogens with zero attached hydrogens (tertiary/aromatic N) is 2. The van der Waals surface area contributed by atoms with Crippen molar-refractivity contribution in [3.63, 3.8) is 0 Å². The highest BCUT2D eigenvalue weighted by atomic mass is 16.2. The molecule has 0 radical (unpaired) electrons. The lowest BCUT2D eigenvalue weighted by molar-refractivity contribution is -0.122. The molecule has 0 saturated carbocycles. The fraction of sp³-hybridized carbons (Fsp3) is 0.333. The van der Waals surface area contributed by atoms with Crippen molar-refractivity contribution in [3.8, 4) is 0 Å². The second-order valence-corrected chi connectivity index (χ2v) is 7.20. The molecule has 0 aliphatic heterocycles. The zero-order valence-electron chi connectivity index (χ0n) is 15.4. The van der Waals surface area contributed by atoms with E-state index in [-0.39, 0.29) is 24.1 Å². The van der Waals surface area contributed by atoms with Crippen LogP contribution in [0.15, 0.2) is 47.3 Å². The van der Waals surface area contributed by atoms with Gasteiger partial charge in [0.15, 0.2) is 0 Å². The quantitative estimate of drug-likeness (QED) is 0.698. The number of amides is 1. The van der Waals surface area contributed by atoms with Crippen molar-refractivity contribution in [2.45, 2.75) is 38.3 Å². The van der Waals surface area contributed by atoms with Crippen LogP contribution in [0.3, 0.4) is 0 Å². The summed E-state index contributed by atoms with van der Waals surface area (Å²) in [6.45, 7) is 0.368. The van der Waals surface area contributed by atoms with Crippen LogP contribution in [0.25, 0.3) is 11.0 Å². The van der Waals surface area contributed by atoms with E-state index in [9.17, 15) is 9.59 Å². The van der Waals surface area contributed by atoms with E-state index in [1.165, 1.54) is 5.56 Å². The molecule has 0 saturated heterocycles. The average molecular weight is 364 g/mol. The van der Waals surface area contributed by atoms with Gasteiger partial charge in [-0.1, -0.05) is 18.2 Å². The number of rotatable bonds is 4. The Morgan fingerprint density at radius 2 is 2.00 bits per heavy atom. The summed E-state index contributed by atoms with van der Waals surface area (Å²) in [4.78, 5) is 25.0. The Morgan fingerprint density at radius 3 is 2.81 bits per heavy atom. The van der Waals surface area contributed by atoms with Crippen molar-refractivity contribution < 1.29 is 4.79 Å². The number of nitrogen functional groups attached to an aromatic ring is 1. The maximum absolute atomic E-state index is 12.6. The summed E-state index contributed by atoms with van der Waals surface area (Å²) in [6.07, 6.45) is 3.23. The van der Waals surface area contributed by atoms with Crippen molar-refractivity contribution in [2.24, 2.45) is 7.05 Å². The van der Waals surface area contributed by atoms with Crippen LogP contribution < -0.4 is 16.7 Å². The Morgan fingerprint density at radius 1 is 1.22 bits per heavy atom. The van der Waals surface area contributed by atoms with Crippen LogP contribution in [0.2, 0.25) is 0 Å². The lowest BCUT2D eigenvalue weighted by atomic mass is 9.87. The van der Waals surface area contributed by atoms with Gasteiger partial charge in [0.1, 0.15) is 0 Å². The molecule has 3 N–H and O–H groups in total. The number of benzene rings is 2. The highest BCUT2D eigenvalue weighted by Gasteiger charge is 2.22. The molecule has 1 amide bonds. The van der Waals surface area contributed by atoms with E-state index < -0.39 is 0 Å². The molecule has 0 spiro atoms. The van der Waals surface area contributed by atoms with Gasteiger partial charge in [-0.05, 0) is 54.7 Å². The molecule has 1 aromatic heterocycles. The summed E-state index contributed by atoms with van der Waals surface area (Å²) in [5, 5.41) is 3.14. The van der Waals surface area contributed by atoms with Crippen molar-refractivity contribution in [1.29, 1.82) is 0 Å². The van der Waals surface area contributed by atoms with Gasteiger partial charge < -0.3 is 11.1 Å². The first kappa shape index (κ1) is 17.4. The molecular weight excluding hydrogens is 340 g/mol. The van der Waals surface area contributed by atoms with E-state index in [0.29, 0.717) is 6.54 Å². The van der Waals surface area contributed by atoms with Gasteiger partial charge in [-0.2, -0.15) is 0 Å². The number of hydrogen-bond acceptors (Lipinski definition) is 3. The van der Waals surface area contributed by atoms with Crippen LogP contribution in [-0.2, 0) is 24.8 Å². The Bertz CT molecular complexity index is 1060. The fourth-order valence-corrected chi connectivity index (χ4v) is 4.04. The van der Waals surface area contributed by atoms with Crippen LogP contribution in [0.1, 0.15) is 36.4 Å². The number of anilines is 1. The predicted octanol–water partition coefficient (Wildman–Crippen LogP) is 2.51. The molecule has 4 rings (SSSR count). The maximum atomic E-state index is 12.6. The monoisotopic (exact) mass is 364 g/mol. The highest BCUT2D eigenvalue weighted by Crippen LogP contribution is 2.31. The lowest BCUT2D eigenvalue weighted by Gasteiger charge is -2.26. The van der Waals surface area contributed by atoms with Crippen molar-refractivity contribution >= 4 is 22.6 Å². The molecule has 6 nitrogen and oxygen atoms in total. The normalized spacial score (nSPS) is 16.3. The Balaban J connectivity index is 1.48. The lowest BCUT2D eigenvalue weighted by Crippen LogP contribution is -2.32. The van der Waals surface area contributed by atoms with Crippen molar-refractivity contribution in [2.75, 3.05) is 5.73 Å². The molecule has 3 aromatic rings. The summed E-state index contributed by atoms with van der Waals surface area (Å²) in [5.41, 5.74) is 10.7. The van der Waals surface area contributed by atoms with Crippen molar-refractivity contribution in [1.82, 2.24) is 14.5 Å². The van der Waals surface area contributed by atoms with Crippen LogP contribution >= 0.6 is 0 Å². The molecule has 1 aliphatic carbocycles. The van der Waals surface area contributed by atoms with Crippen LogP contribution in [0.4, 0.5) is 5.69 Å². The molecule has 1 heterocycles. The SMILES string of the molecule is Cn1c(=O)n(CCC(=O)NC2CCCc3cc(N)ccc32)c2ccccc21. The van der Waals surface area contributed by atoms with E-state index in [4.69, 9.17) is 5.73 Å². The number of fused-ring (bicyclic) bond motifs is 2. The summed E-state index contributed by atoms with van der Waals surface area (Å²) in [7, 11) is 1.76. The molecule has 2 aromatic carbocycles. The minimum Gasteiger partial charge on any atom is -0.399 e. The molecule has 27 heavy (non-hydrogen) atoms. The number of para-hydroxylation sites is 2.